The van der Waals surface area contributed by atoms with Gasteiger partial charge >= 0.3 is 6.09 Å². The number of hydrogen-bond acceptors (Lipinski definition) is 6. The first-order valence-corrected chi connectivity index (χ1v) is 15.2. The standard InChI is InChI=1S/C30H42ClN3O5S/c1-8-9-16-34(28(37)23(15-17-40-7)32-29(38)39-30(4,5)6)26(21-13-14-24(35)20(3)18-21)27(36)33-25-19(2)11-10-12-22(25)31/h10-14,18,23,26,35H,8-9,15-17H2,1-7H3,(H,32,38)(H,33,36). The van der Waals surface area contributed by atoms with E-state index in [4.69, 9.17) is 16.3 Å². The van der Waals surface area contributed by atoms with Crippen molar-refractivity contribution >= 4 is 47.0 Å². The van der Waals surface area contributed by atoms with Crippen molar-refractivity contribution in [2.24, 2.45) is 0 Å². The normalized spacial score (nSPS) is 12.8. The molecule has 2 unspecified atom stereocenters. The molecule has 220 valence electrons. The predicted octanol–water partition coefficient (Wildman–Crippen LogP) is 6.62. The number of amides is 3. The SMILES string of the molecule is CCCCN(C(=O)C(CCSC)NC(=O)OC(C)(C)C)C(C(=O)Nc1c(C)cccc1Cl)c1ccc(O)c(C)c1. The number of unbranched alkanes of at least 4 members (excludes halogenated alkanes) is 1. The molecule has 3 amide bonds. The van der Waals surface area contributed by atoms with E-state index in [-0.39, 0.29) is 12.3 Å². The van der Waals surface area contributed by atoms with Crippen LogP contribution in [0.2, 0.25) is 5.02 Å². The third-order valence-electron chi connectivity index (χ3n) is 6.20. The van der Waals surface area contributed by atoms with Gasteiger partial charge < -0.3 is 25.4 Å². The average Bonchev–Trinajstić information content (AvgIpc) is 2.86. The highest BCUT2D eigenvalue weighted by atomic mass is 35.5. The van der Waals surface area contributed by atoms with Gasteiger partial charge in [-0.25, -0.2) is 4.79 Å². The fraction of sp³-hybridized carbons (Fsp3) is 0.500. The van der Waals surface area contributed by atoms with Crippen molar-refractivity contribution in [1.29, 1.82) is 0 Å². The predicted molar refractivity (Wildman–Crippen MR) is 163 cm³/mol. The number of aryl methyl sites for hydroxylation is 2. The molecule has 0 aliphatic carbocycles. The van der Waals surface area contributed by atoms with E-state index in [9.17, 15) is 19.5 Å². The first-order valence-electron chi connectivity index (χ1n) is 13.4. The van der Waals surface area contributed by atoms with E-state index in [0.717, 1.165) is 12.0 Å². The minimum absolute atomic E-state index is 0.0840. The number of alkyl carbamates (subject to hydrolysis) is 1. The molecule has 10 heteroatoms. The lowest BCUT2D eigenvalue weighted by Crippen LogP contribution is -2.52. The number of carbonyl (C=O) groups excluding carboxylic acids is 3. The number of carbonyl (C=O) groups is 3. The maximum atomic E-state index is 14.2. The summed E-state index contributed by atoms with van der Waals surface area (Å²) in [6.45, 7) is 11.1. The quantitative estimate of drug-likeness (QED) is 0.256. The molecule has 0 saturated carbocycles. The number of rotatable bonds is 12. The van der Waals surface area contributed by atoms with Crippen LogP contribution in [-0.4, -0.2) is 58.1 Å². The van der Waals surface area contributed by atoms with Gasteiger partial charge in [0.05, 0.1) is 10.7 Å². The third-order valence-corrected chi connectivity index (χ3v) is 7.16. The monoisotopic (exact) mass is 591 g/mol. The van der Waals surface area contributed by atoms with Gasteiger partial charge in [0.2, 0.25) is 5.91 Å². The Labute approximate surface area is 247 Å². The summed E-state index contributed by atoms with van der Waals surface area (Å²) < 4.78 is 5.44. The Hall–Kier alpha value is -2.91. The molecule has 0 aliphatic heterocycles. The Morgan fingerprint density at radius 3 is 2.40 bits per heavy atom. The lowest BCUT2D eigenvalue weighted by molar-refractivity contribution is -0.141. The number of nitrogens with zero attached hydrogens (tertiary/aromatic N) is 1. The van der Waals surface area contributed by atoms with E-state index in [1.165, 1.54) is 11.0 Å². The maximum Gasteiger partial charge on any atom is 0.408 e. The summed E-state index contributed by atoms with van der Waals surface area (Å²) >= 11 is 7.97. The second kappa shape index (κ2) is 15.2. The van der Waals surface area contributed by atoms with Crippen molar-refractivity contribution in [2.45, 2.75) is 78.5 Å². The van der Waals surface area contributed by atoms with Crippen molar-refractivity contribution in [2.75, 3.05) is 23.9 Å². The highest BCUT2D eigenvalue weighted by Crippen LogP contribution is 2.31. The average molecular weight is 592 g/mol. The molecular weight excluding hydrogens is 550 g/mol. The molecule has 2 rings (SSSR count). The summed E-state index contributed by atoms with van der Waals surface area (Å²) in [5, 5.41) is 16.2. The van der Waals surface area contributed by atoms with Gasteiger partial charge in [-0.1, -0.05) is 43.1 Å². The maximum absolute atomic E-state index is 14.2. The van der Waals surface area contributed by atoms with E-state index < -0.39 is 35.6 Å². The zero-order chi connectivity index (χ0) is 30.0. The van der Waals surface area contributed by atoms with E-state index in [1.807, 2.05) is 26.2 Å². The largest absolute Gasteiger partial charge is 0.508 e. The minimum Gasteiger partial charge on any atom is -0.508 e. The molecule has 2 aromatic carbocycles. The zero-order valence-corrected chi connectivity index (χ0v) is 26.0. The van der Waals surface area contributed by atoms with Gasteiger partial charge in [0.1, 0.15) is 23.4 Å². The van der Waals surface area contributed by atoms with Crippen LogP contribution < -0.4 is 10.6 Å². The Kier molecular flexibility index (Phi) is 12.6. The number of halogens is 1. The van der Waals surface area contributed by atoms with Crippen LogP contribution in [0.25, 0.3) is 0 Å². The highest BCUT2D eigenvalue weighted by molar-refractivity contribution is 7.98. The Morgan fingerprint density at radius 2 is 1.82 bits per heavy atom. The molecule has 0 aromatic heterocycles. The number of phenolic OH excluding ortho intramolecular Hbond substituents is 1. The molecule has 0 heterocycles. The van der Waals surface area contributed by atoms with E-state index in [1.54, 1.807) is 63.7 Å². The number of para-hydroxylation sites is 1. The molecule has 2 atom stereocenters. The molecule has 3 N–H and O–H groups in total. The Morgan fingerprint density at radius 1 is 1.12 bits per heavy atom. The van der Waals surface area contributed by atoms with E-state index in [2.05, 4.69) is 10.6 Å². The summed E-state index contributed by atoms with van der Waals surface area (Å²) in [6.07, 6.45) is 3.00. The number of phenols is 1. The summed E-state index contributed by atoms with van der Waals surface area (Å²) in [4.78, 5) is 42.5. The number of nitrogens with one attached hydrogen (secondary N) is 2. The lowest BCUT2D eigenvalue weighted by atomic mass is 9.99. The number of anilines is 1. The van der Waals surface area contributed by atoms with Crippen LogP contribution >= 0.6 is 23.4 Å². The van der Waals surface area contributed by atoms with Crippen LogP contribution in [0.3, 0.4) is 0 Å². The lowest BCUT2D eigenvalue weighted by Gasteiger charge is -2.35. The number of benzene rings is 2. The van der Waals surface area contributed by atoms with Crippen LogP contribution in [-0.2, 0) is 14.3 Å². The molecule has 40 heavy (non-hydrogen) atoms. The first kappa shape index (κ1) is 33.3. The molecule has 2 aromatic rings. The fourth-order valence-corrected chi connectivity index (χ4v) is 4.88. The summed E-state index contributed by atoms with van der Waals surface area (Å²) in [7, 11) is 0. The minimum atomic E-state index is -1.05. The smallest absolute Gasteiger partial charge is 0.408 e. The van der Waals surface area contributed by atoms with Crippen molar-refractivity contribution < 1.29 is 24.2 Å². The number of thioether (sulfide) groups is 1. The van der Waals surface area contributed by atoms with Gasteiger partial charge in [0.15, 0.2) is 0 Å². The molecule has 0 fully saturated rings. The molecule has 0 spiro atoms. The van der Waals surface area contributed by atoms with Gasteiger partial charge in [0.25, 0.3) is 5.91 Å². The van der Waals surface area contributed by atoms with Gasteiger partial charge in [-0.05, 0) is 94.4 Å². The van der Waals surface area contributed by atoms with Crippen molar-refractivity contribution in [3.8, 4) is 5.75 Å². The molecule has 0 radical (unpaired) electrons. The second-order valence-electron chi connectivity index (χ2n) is 10.7. The van der Waals surface area contributed by atoms with Gasteiger partial charge in [-0.2, -0.15) is 11.8 Å². The molecule has 0 aliphatic rings. The second-order valence-corrected chi connectivity index (χ2v) is 12.1. The van der Waals surface area contributed by atoms with E-state index in [0.29, 0.717) is 40.4 Å². The Bertz CT molecular complexity index is 1160. The van der Waals surface area contributed by atoms with Crippen LogP contribution in [0, 0.1) is 13.8 Å². The Balaban J connectivity index is 2.59. The van der Waals surface area contributed by atoms with Crippen LogP contribution in [0.1, 0.15) is 69.7 Å². The van der Waals surface area contributed by atoms with Gasteiger partial charge in [-0.15, -0.1) is 0 Å². The molecular formula is C30H42ClN3O5S. The first-order chi connectivity index (χ1) is 18.8. The van der Waals surface area contributed by atoms with Crippen molar-refractivity contribution in [1.82, 2.24) is 10.2 Å². The third kappa shape index (κ3) is 9.63. The van der Waals surface area contributed by atoms with Crippen molar-refractivity contribution in [3.63, 3.8) is 0 Å². The topological polar surface area (TPSA) is 108 Å². The van der Waals surface area contributed by atoms with Gasteiger partial charge in [-0.3, -0.25) is 9.59 Å². The van der Waals surface area contributed by atoms with Crippen molar-refractivity contribution in [3.05, 3.63) is 58.1 Å². The number of ether oxygens (including phenoxy) is 1. The fourth-order valence-electron chi connectivity index (χ4n) is 4.14. The number of aromatic hydroxyl groups is 1. The highest BCUT2D eigenvalue weighted by Gasteiger charge is 2.36. The number of hydrogen-bond donors (Lipinski definition) is 3. The molecule has 0 saturated heterocycles. The zero-order valence-electron chi connectivity index (χ0n) is 24.5. The van der Waals surface area contributed by atoms with Crippen LogP contribution in [0.4, 0.5) is 10.5 Å². The summed E-state index contributed by atoms with van der Waals surface area (Å²) in [5.41, 5.74) is 1.60. The van der Waals surface area contributed by atoms with Crippen LogP contribution in [0.5, 0.6) is 5.75 Å². The molecule has 0 bridgehead atoms. The van der Waals surface area contributed by atoms with Gasteiger partial charge in [0, 0.05) is 6.54 Å². The molecule has 8 nitrogen and oxygen atoms in total. The summed E-state index contributed by atoms with van der Waals surface area (Å²) in [6, 6.07) is 8.21. The van der Waals surface area contributed by atoms with E-state index >= 15 is 0 Å². The van der Waals surface area contributed by atoms with Crippen LogP contribution in [0.15, 0.2) is 36.4 Å². The summed E-state index contributed by atoms with van der Waals surface area (Å²) in [5.74, 6) is -0.149.